The molecule has 0 N–H and O–H groups in total. The Hall–Kier alpha value is -8.12. The Labute approximate surface area is 366 Å². The van der Waals surface area contributed by atoms with Gasteiger partial charge in [0.05, 0.1) is 16.9 Å². The second-order valence-electron chi connectivity index (χ2n) is 16.1. The number of fused-ring (bicyclic) bond motifs is 7. The molecule has 0 amide bonds. The lowest BCUT2D eigenvalue weighted by molar-refractivity contribution is 0.670. The monoisotopic (exact) mass is 821 g/mol. The van der Waals surface area contributed by atoms with Gasteiger partial charge in [0.1, 0.15) is 11.1 Å². The van der Waals surface area contributed by atoms with Crippen molar-refractivity contribution < 1.29 is 4.42 Å². The van der Waals surface area contributed by atoms with Gasteiger partial charge in [0.2, 0.25) is 5.95 Å². The molecule has 0 saturated heterocycles. The molecule has 12 rings (SSSR count). The molecule has 0 aliphatic heterocycles. The summed E-state index contributed by atoms with van der Waals surface area (Å²) in [6, 6.07) is 84.9. The molecule has 0 radical (unpaired) electrons. The van der Waals surface area contributed by atoms with Crippen LogP contribution in [0.25, 0.3) is 83.3 Å². The summed E-state index contributed by atoms with van der Waals surface area (Å²) in [4.78, 5) is 10.9. The second-order valence-corrected chi connectivity index (χ2v) is 19.9. The van der Waals surface area contributed by atoms with Gasteiger partial charge in [0.25, 0.3) is 0 Å². The van der Waals surface area contributed by atoms with Gasteiger partial charge in [-0.2, -0.15) is 0 Å². The van der Waals surface area contributed by atoms with Gasteiger partial charge in [-0.25, -0.2) is 9.97 Å². The third kappa shape index (κ3) is 6.04. The summed E-state index contributed by atoms with van der Waals surface area (Å²) in [5.41, 5.74) is 9.60. The van der Waals surface area contributed by atoms with Crippen LogP contribution in [0, 0.1) is 0 Å². The lowest BCUT2D eigenvalue weighted by Gasteiger charge is -2.34. The van der Waals surface area contributed by atoms with E-state index in [-0.39, 0.29) is 0 Å². The number of nitrogens with zero attached hydrogens (tertiary/aromatic N) is 3. The molecule has 0 spiro atoms. The number of para-hydroxylation sites is 1. The molecular formula is C58H39N3OSi. The van der Waals surface area contributed by atoms with Crippen molar-refractivity contribution in [3.05, 3.63) is 237 Å². The van der Waals surface area contributed by atoms with Crippen molar-refractivity contribution in [1.82, 2.24) is 14.5 Å². The number of furan rings is 1. The molecule has 3 aromatic heterocycles. The Morgan fingerprint density at radius 1 is 0.349 bits per heavy atom. The van der Waals surface area contributed by atoms with E-state index < -0.39 is 8.07 Å². The van der Waals surface area contributed by atoms with Gasteiger partial charge in [-0.05, 0) is 62.2 Å². The van der Waals surface area contributed by atoms with Crippen LogP contribution in [-0.4, -0.2) is 22.6 Å². The zero-order chi connectivity index (χ0) is 41.7. The van der Waals surface area contributed by atoms with Crippen LogP contribution < -0.4 is 20.7 Å². The summed E-state index contributed by atoms with van der Waals surface area (Å²) in [6.07, 6.45) is 0. The van der Waals surface area contributed by atoms with Gasteiger partial charge in [-0.1, -0.05) is 206 Å². The first-order valence-electron chi connectivity index (χ1n) is 21.4. The Bertz CT molecular complexity index is 3510. The summed E-state index contributed by atoms with van der Waals surface area (Å²) < 4.78 is 9.13. The fourth-order valence-electron chi connectivity index (χ4n) is 9.71. The smallest absolute Gasteiger partial charge is 0.235 e. The van der Waals surface area contributed by atoms with Crippen LogP contribution in [0.2, 0.25) is 0 Å². The van der Waals surface area contributed by atoms with Crippen molar-refractivity contribution in [2.75, 3.05) is 0 Å². The molecule has 12 aromatic rings. The third-order valence-corrected chi connectivity index (χ3v) is 17.3. The molecule has 296 valence electrons. The molecule has 0 aliphatic rings. The third-order valence-electron chi connectivity index (χ3n) is 12.6. The first-order valence-corrected chi connectivity index (χ1v) is 23.4. The van der Waals surface area contributed by atoms with Crippen molar-refractivity contribution in [2.45, 2.75) is 0 Å². The van der Waals surface area contributed by atoms with Crippen LogP contribution in [0.4, 0.5) is 0 Å². The minimum atomic E-state index is -2.86. The molecule has 0 atom stereocenters. The number of hydrogen-bond donors (Lipinski definition) is 0. The summed E-state index contributed by atoms with van der Waals surface area (Å²) >= 11 is 0. The van der Waals surface area contributed by atoms with Crippen molar-refractivity contribution in [2.24, 2.45) is 0 Å². The van der Waals surface area contributed by atoms with E-state index in [4.69, 9.17) is 14.4 Å². The topological polar surface area (TPSA) is 43.9 Å². The summed E-state index contributed by atoms with van der Waals surface area (Å²) in [6.45, 7) is 0. The molecule has 5 heteroatoms. The SMILES string of the molecule is c1ccc(-c2cccc(-c3cc(-c4ccccc4)nc(-n4c5ccc([Si](c6ccccc6)(c6ccccc6)c6ccccc6)cc5c5ccc6c7ccccc7oc6c54)n3)c2)cc1. The highest BCUT2D eigenvalue weighted by Gasteiger charge is 2.41. The first kappa shape index (κ1) is 36.7. The van der Waals surface area contributed by atoms with Crippen LogP contribution in [0.5, 0.6) is 0 Å². The zero-order valence-electron chi connectivity index (χ0n) is 34.3. The Kier molecular flexibility index (Phi) is 8.80. The molecule has 3 heterocycles. The highest BCUT2D eigenvalue weighted by molar-refractivity contribution is 7.20. The highest BCUT2D eigenvalue weighted by atomic mass is 28.3. The fraction of sp³-hybridized carbons (Fsp3) is 0. The molecule has 0 unspecified atom stereocenters. The van der Waals surface area contributed by atoms with E-state index in [0.717, 1.165) is 77.4 Å². The number of hydrogen-bond acceptors (Lipinski definition) is 3. The minimum Gasteiger partial charge on any atom is -0.454 e. The van der Waals surface area contributed by atoms with E-state index in [1.165, 1.54) is 20.7 Å². The maximum absolute atomic E-state index is 6.89. The zero-order valence-corrected chi connectivity index (χ0v) is 35.3. The van der Waals surface area contributed by atoms with E-state index in [0.29, 0.717) is 5.95 Å². The molecule has 0 fully saturated rings. The molecule has 9 aromatic carbocycles. The summed E-state index contributed by atoms with van der Waals surface area (Å²) in [5.74, 6) is 0.579. The van der Waals surface area contributed by atoms with Gasteiger partial charge in [-0.15, -0.1) is 0 Å². The van der Waals surface area contributed by atoms with E-state index >= 15 is 0 Å². The average Bonchev–Trinajstić information content (AvgIpc) is 3.92. The predicted octanol–water partition coefficient (Wildman–Crippen LogP) is 11.9. The Morgan fingerprint density at radius 2 is 0.873 bits per heavy atom. The van der Waals surface area contributed by atoms with Gasteiger partial charge in [0.15, 0.2) is 13.7 Å². The average molecular weight is 822 g/mol. The van der Waals surface area contributed by atoms with Crippen LogP contribution >= 0.6 is 0 Å². The van der Waals surface area contributed by atoms with Gasteiger partial charge in [0, 0.05) is 32.7 Å². The van der Waals surface area contributed by atoms with Gasteiger partial charge in [-0.3, -0.25) is 4.57 Å². The molecule has 0 saturated carbocycles. The molecule has 0 aliphatic carbocycles. The van der Waals surface area contributed by atoms with Crippen molar-refractivity contribution in [3.63, 3.8) is 0 Å². The summed E-state index contributed by atoms with van der Waals surface area (Å²) in [7, 11) is -2.86. The van der Waals surface area contributed by atoms with Crippen molar-refractivity contribution >= 4 is 72.6 Å². The lowest BCUT2D eigenvalue weighted by Crippen LogP contribution is -2.74. The van der Waals surface area contributed by atoms with Gasteiger partial charge < -0.3 is 4.42 Å². The van der Waals surface area contributed by atoms with Crippen molar-refractivity contribution in [3.8, 4) is 39.6 Å². The number of rotatable bonds is 8. The molecule has 63 heavy (non-hydrogen) atoms. The van der Waals surface area contributed by atoms with E-state index in [2.05, 4.69) is 229 Å². The van der Waals surface area contributed by atoms with Crippen LogP contribution in [0.1, 0.15) is 0 Å². The molecule has 4 nitrogen and oxygen atoms in total. The van der Waals surface area contributed by atoms with Crippen LogP contribution in [-0.2, 0) is 0 Å². The number of benzene rings is 9. The van der Waals surface area contributed by atoms with Crippen LogP contribution in [0.3, 0.4) is 0 Å². The maximum Gasteiger partial charge on any atom is 0.235 e. The normalized spacial score (nSPS) is 11.8. The van der Waals surface area contributed by atoms with E-state index in [1.807, 2.05) is 12.1 Å². The standard InChI is InChI=1S/C58H39N3OSi/c1-6-19-40(20-7-1)42-23-18-24-43(37-42)53-39-52(41-21-8-2-9-22-41)59-58(60-53)61-54-36-33-47(38-51(54)49-34-35-50-48-31-16-17-32-55(48)62-57(50)56(49)61)63(44-25-10-3-11-26-44,45-27-12-4-13-28-45)46-29-14-5-15-30-46/h1-39H. The predicted molar refractivity (Wildman–Crippen MR) is 264 cm³/mol. The van der Waals surface area contributed by atoms with Gasteiger partial charge >= 0.3 is 0 Å². The lowest BCUT2D eigenvalue weighted by atomic mass is 10.0. The minimum absolute atomic E-state index is 0.579. The quantitative estimate of drug-likeness (QED) is 0.113. The van der Waals surface area contributed by atoms with E-state index in [9.17, 15) is 0 Å². The van der Waals surface area contributed by atoms with E-state index in [1.54, 1.807) is 0 Å². The molecule has 0 bridgehead atoms. The van der Waals surface area contributed by atoms with Crippen LogP contribution in [0.15, 0.2) is 241 Å². The summed E-state index contributed by atoms with van der Waals surface area (Å²) in [5, 5.41) is 9.60. The maximum atomic E-state index is 6.89. The largest absolute Gasteiger partial charge is 0.454 e. The Morgan fingerprint density at radius 3 is 1.52 bits per heavy atom. The van der Waals surface area contributed by atoms with Crippen molar-refractivity contribution in [1.29, 1.82) is 0 Å². The second kappa shape index (κ2) is 15.1. The highest BCUT2D eigenvalue weighted by Crippen LogP contribution is 2.40. The Balaban J connectivity index is 1.19. The molecular weight excluding hydrogens is 783 g/mol. The first-order chi connectivity index (χ1) is 31.2. The number of aromatic nitrogens is 3. The fourth-order valence-corrected chi connectivity index (χ4v) is 14.5.